The lowest BCUT2D eigenvalue weighted by Crippen LogP contribution is -2.49. The molecule has 4 heterocycles. The fourth-order valence-corrected chi connectivity index (χ4v) is 4.28. The Kier molecular flexibility index (Phi) is 4.24. The normalized spacial score (nSPS) is 17.2. The summed E-state index contributed by atoms with van der Waals surface area (Å²) in [6.45, 7) is 0.822. The van der Waals surface area contributed by atoms with Crippen LogP contribution in [0.15, 0.2) is 65.5 Å². The van der Waals surface area contributed by atoms with Gasteiger partial charge < -0.3 is 14.4 Å². The quantitative estimate of drug-likeness (QED) is 0.530. The molecule has 0 spiro atoms. The van der Waals surface area contributed by atoms with E-state index in [1.165, 1.54) is 4.52 Å². The third kappa shape index (κ3) is 3.03. The lowest BCUT2D eigenvalue weighted by Gasteiger charge is -2.33. The Balaban J connectivity index is 1.29. The Hall–Kier alpha value is -4.07. The van der Waals surface area contributed by atoms with Crippen molar-refractivity contribution in [3.05, 3.63) is 82.3 Å². The molecule has 8 nitrogen and oxygen atoms in total. The number of aromatic nitrogens is 3. The molecule has 0 aliphatic carbocycles. The molecular formula is C24H20N4O4. The number of nitrogens with zero attached hydrogens (tertiary/aromatic N) is 3. The highest BCUT2D eigenvalue weighted by Crippen LogP contribution is 2.31. The van der Waals surface area contributed by atoms with Gasteiger partial charge in [-0.25, -0.2) is 9.50 Å². The number of hydrogen-bond acceptors (Lipinski definition) is 5. The Morgan fingerprint density at radius 1 is 1.06 bits per heavy atom. The standard InChI is InChI=1S/C24H20N4O4/c29-23-16-13-27(24(30)21-14-31-19-8-4-5-9-20(19)32-21)11-10-17(16)25-22-12-18(26-28(22)23)15-6-2-1-3-7-15/h1-9,12,21,26H,10-11,13-14H2/t21-/m0/s1. The van der Waals surface area contributed by atoms with Crippen LogP contribution in [0.4, 0.5) is 0 Å². The molecule has 2 aliphatic rings. The van der Waals surface area contributed by atoms with Crippen molar-refractivity contribution in [2.45, 2.75) is 19.1 Å². The van der Waals surface area contributed by atoms with Crippen LogP contribution in [0.5, 0.6) is 11.5 Å². The van der Waals surface area contributed by atoms with Gasteiger partial charge in [-0.2, -0.15) is 0 Å². The number of para-hydroxylation sites is 2. The van der Waals surface area contributed by atoms with Gasteiger partial charge in [0.2, 0.25) is 6.10 Å². The van der Waals surface area contributed by atoms with E-state index >= 15 is 0 Å². The predicted octanol–water partition coefficient (Wildman–Crippen LogP) is 2.41. The molecule has 0 radical (unpaired) electrons. The number of hydrogen-bond donors (Lipinski definition) is 1. The summed E-state index contributed by atoms with van der Waals surface area (Å²) >= 11 is 0. The third-order valence-electron chi connectivity index (χ3n) is 5.94. The van der Waals surface area contributed by atoms with E-state index in [-0.39, 0.29) is 24.6 Å². The molecule has 1 N–H and O–H groups in total. The summed E-state index contributed by atoms with van der Waals surface area (Å²) in [7, 11) is 0. The van der Waals surface area contributed by atoms with Gasteiger partial charge in [0.25, 0.3) is 11.5 Å². The number of amides is 1. The van der Waals surface area contributed by atoms with Crippen molar-refractivity contribution < 1.29 is 14.3 Å². The number of nitrogens with one attached hydrogen (secondary N) is 1. The lowest BCUT2D eigenvalue weighted by atomic mass is 10.1. The predicted molar refractivity (Wildman–Crippen MR) is 117 cm³/mol. The van der Waals surface area contributed by atoms with Crippen LogP contribution in [0, 0.1) is 0 Å². The molecule has 4 aromatic rings. The molecule has 0 fully saturated rings. The van der Waals surface area contributed by atoms with E-state index in [2.05, 4.69) is 5.10 Å². The molecule has 2 aromatic heterocycles. The van der Waals surface area contributed by atoms with Crippen molar-refractivity contribution in [3.8, 4) is 22.8 Å². The molecule has 1 amide bonds. The maximum atomic E-state index is 13.2. The summed E-state index contributed by atoms with van der Waals surface area (Å²) in [5.74, 6) is 0.996. The number of fused-ring (bicyclic) bond motifs is 3. The van der Waals surface area contributed by atoms with Gasteiger partial charge in [-0.05, 0) is 17.7 Å². The van der Waals surface area contributed by atoms with E-state index in [1.54, 1.807) is 11.0 Å². The van der Waals surface area contributed by atoms with Gasteiger partial charge in [0, 0.05) is 19.0 Å². The van der Waals surface area contributed by atoms with Crippen LogP contribution in [-0.2, 0) is 17.8 Å². The minimum atomic E-state index is -0.735. The average Bonchev–Trinajstić information content (AvgIpc) is 3.28. The van der Waals surface area contributed by atoms with Crippen molar-refractivity contribution in [3.63, 3.8) is 0 Å². The summed E-state index contributed by atoms with van der Waals surface area (Å²) in [5, 5.41) is 3.14. The van der Waals surface area contributed by atoms with Crippen molar-refractivity contribution in [1.82, 2.24) is 19.5 Å². The number of carbonyl (C=O) groups excluding carboxylic acids is 1. The van der Waals surface area contributed by atoms with Crippen LogP contribution in [-0.4, -0.2) is 44.7 Å². The summed E-state index contributed by atoms with van der Waals surface area (Å²) in [6.07, 6.45) is -0.218. The topological polar surface area (TPSA) is 88.9 Å². The van der Waals surface area contributed by atoms with Gasteiger partial charge in [0.1, 0.15) is 6.61 Å². The number of carbonyl (C=O) groups is 1. The summed E-state index contributed by atoms with van der Waals surface area (Å²) in [6, 6.07) is 18.9. The van der Waals surface area contributed by atoms with Gasteiger partial charge in [0.15, 0.2) is 17.1 Å². The second-order valence-electron chi connectivity index (χ2n) is 7.95. The summed E-state index contributed by atoms with van der Waals surface area (Å²) in [4.78, 5) is 32.7. The Labute approximate surface area is 183 Å². The fourth-order valence-electron chi connectivity index (χ4n) is 4.28. The second kappa shape index (κ2) is 7.26. The molecule has 2 aliphatic heterocycles. The number of H-pyrrole nitrogens is 1. The average molecular weight is 428 g/mol. The maximum Gasteiger partial charge on any atom is 0.277 e. The van der Waals surface area contributed by atoms with Crippen LogP contribution in [0.2, 0.25) is 0 Å². The minimum Gasteiger partial charge on any atom is -0.485 e. The SMILES string of the molecule is O=C([C@@H]1COc2ccccc2O1)N1CCc2nc3cc(-c4ccccc4)[nH]n3c(=O)c2C1. The molecular weight excluding hydrogens is 408 g/mol. The molecule has 0 bridgehead atoms. The zero-order valence-electron chi connectivity index (χ0n) is 17.2. The lowest BCUT2D eigenvalue weighted by molar-refractivity contribution is -0.142. The number of benzene rings is 2. The van der Waals surface area contributed by atoms with E-state index in [1.807, 2.05) is 54.6 Å². The first-order chi connectivity index (χ1) is 15.7. The monoisotopic (exact) mass is 428 g/mol. The Morgan fingerprint density at radius 3 is 2.69 bits per heavy atom. The van der Waals surface area contributed by atoms with E-state index in [0.717, 1.165) is 17.0 Å². The Morgan fingerprint density at radius 2 is 1.84 bits per heavy atom. The van der Waals surface area contributed by atoms with E-state index in [9.17, 15) is 9.59 Å². The third-order valence-corrected chi connectivity index (χ3v) is 5.94. The van der Waals surface area contributed by atoms with Gasteiger partial charge in [-0.15, -0.1) is 0 Å². The van der Waals surface area contributed by atoms with E-state index in [0.29, 0.717) is 35.7 Å². The molecule has 6 rings (SSSR count). The van der Waals surface area contributed by atoms with E-state index in [4.69, 9.17) is 14.5 Å². The highest BCUT2D eigenvalue weighted by atomic mass is 16.6. The van der Waals surface area contributed by atoms with Crippen molar-refractivity contribution >= 4 is 11.6 Å². The summed E-state index contributed by atoms with van der Waals surface area (Å²) < 4.78 is 13.0. The summed E-state index contributed by atoms with van der Waals surface area (Å²) in [5.41, 5.74) is 3.45. The van der Waals surface area contributed by atoms with Crippen LogP contribution in [0.1, 0.15) is 11.3 Å². The largest absolute Gasteiger partial charge is 0.485 e. The smallest absolute Gasteiger partial charge is 0.277 e. The fraction of sp³-hybridized carbons (Fsp3) is 0.208. The minimum absolute atomic E-state index is 0.145. The second-order valence-corrected chi connectivity index (χ2v) is 7.95. The van der Waals surface area contributed by atoms with Gasteiger partial charge in [-0.1, -0.05) is 42.5 Å². The first-order valence-electron chi connectivity index (χ1n) is 10.5. The van der Waals surface area contributed by atoms with Crippen molar-refractivity contribution in [1.29, 1.82) is 0 Å². The van der Waals surface area contributed by atoms with Crippen LogP contribution >= 0.6 is 0 Å². The van der Waals surface area contributed by atoms with Crippen molar-refractivity contribution in [2.24, 2.45) is 0 Å². The molecule has 0 saturated carbocycles. The molecule has 1 atom stereocenters. The van der Waals surface area contributed by atoms with Crippen molar-refractivity contribution in [2.75, 3.05) is 13.2 Å². The number of aromatic amines is 1. The van der Waals surface area contributed by atoms with Crippen LogP contribution < -0.4 is 15.0 Å². The number of ether oxygens (including phenoxy) is 2. The molecule has 8 heteroatoms. The highest BCUT2D eigenvalue weighted by Gasteiger charge is 2.34. The van der Waals surface area contributed by atoms with Gasteiger partial charge in [0.05, 0.1) is 23.5 Å². The number of rotatable bonds is 2. The first-order valence-corrected chi connectivity index (χ1v) is 10.5. The first kappa shape index (κ1) is 18.7. The maximum absolute atomic E-state index is 13.2. The zero-order chi connectivity index (χ0) is 21.7. The van der Waals surface area contributed by atoms with Crippen LogP contribution in [0.25, 0.3) is 16.9 Å². The zero-order valence-corrected chi connectivity index (χ0v) is 17.2. The molecule has 160 valence electrons. The van der Waals surface area contributed by atoms with Gasteiger partial charge >= 0.3 is 0 Å². The molecule has 2 aromatic carbocycles. The van der Waals surface area contributed by atoms with E-state index < -0.39 is 6.10 Å². The molecule has 32 heavy (non-hydrogen) atoms. The van der Waals surface area contributed by atoms with Gasteiger partial charge in [-0.3, -0.25) is 14.7 Å². The molecule has 0 unspecified atom stereocenters. The molecule has 0 saturated heterocycles. The van der Waals surface area contributed by atoms with Crippen LogP contribution in [0.3, 0.4) is 0 Å². The highest BCUT2D eigenvalue weighted by molar-refractivity contribution is 5.82. The Bertz CT molecular complexity index is 1390.